The zero-order chi connectivity index (χ0) is 18.8. The molecule has 27 heavy (non-hydrogen) atoms. The van der Waals surface area contributed by atoms with Gasteiger partial charge in [0, 0.05) is 43.5 Å². The second-order valence-electron chi connectivity index (χ2n) is 6.44. The van der Waals surface area contributed by atoms with Crippen LogP contribution in [-0.4, -0.2) is 47.9 Å². The predicted octanol–water partition coefficient (Wildman–Crippen LogP) is 3.57. The van der Waals surface area contributed by atoms with Crippen LogP contribution in [-0.2, 0) is 0 Å². The summed E-state index contributed by atoms with van der Waals surface area (Å²) in [5.74, 6) is 0.581. The van der Waals surface area contributed by atoms with Gasteiger partial charge < -0.3 is 14.3 Å². The number of nitrogens with zero attached hydrogens (tertiary/aromatic N) is 3. The number of piperazine rings is 1. The van der Waals surface area contributed by atoms with Gasteiger partial charge in [-0.25, -0.2) is 0 Å². The van der Waals surface area contributed by atoms with Gasteiger partial charge in [0.2, 0.25) is 0 Å². The monoisotopic (exact) mass is 381 g/mol. The molecule has 138 valence electrons. The minimum absolute atomic E-state index is 0.0616. The summed E-state index contributed by atoms with van der Waals surface area (Å²) in [6, 6.07) is 13.2. The largest absolute Gasteiger partial charge is 0.368 e. The molecule has 4 rings (SSSR count). The van der Waals surface area contributed by atoms with Crippen molar-refractivity contribution in [2.24, 2.45) is 0 Å². The van der Waals surface area contributed by atoms with E-state index in [9.17, 15) is 9.59 Å². The average molecular weight is 381 g/mol. The maximum atomic E-state index is 12.7. The fourth-order valence-electron chi connectivity index (χ4n) is 3.15. The van der Waals surface area contributed by atoms with E-state index < -0.39 is 0 Å². The van der Waals surface area contributed by atoms with E-state index in [0.717, 1.165) is 23.7 Å². The molecule has 1 aliphatic rings. The number of ketones is 1. The van der Waals surface area contributed by atoms with Crippen molar-refractivity contribution in [3.8, 4) is 10.6 Å². The number of aromatic nitrogens is 1. The van der Waals surface area contributed by atoms with Gasteiger partial charge in [-0.1, -0.05) is 11.2 Å². The summed E-state index contributed by atoms with van der Waals surface area (Å²) in [6.07, 6.45) is 0. The molecule has 3 aromatic rings. The topological polar surface area (TPSA) is 66.7 Å². The summed E-state index contributed by atoms with van der Waals surface area (Å²) in [5, 5.41) is 5.91. The average Bonchev–Trinajstić information content (AvgIpc) is 3.39. The normalized spacial score (nSPS) is 14.4. The molecule has 1 fully saturated rings. The Morgan fingerprint density at radius 3 is 2.44 bits per heavy atom. The van der Waals surface area contributed by atoms with E-state index in [2.05, 4.69) is 10.1 Å². The van der Waals surface area contributed by atoms with Crippen molar-refractivity contribution < 1.29 is 14.1 Å². The van der Waals surface area contributed by atoms with Crippen LogP contribution < -0.4 is 4.90 Å². The third kappa shape index (κ3) is 3.64. The van der Waals surface area contributed by atoms with Crippen LogP contribution in [0.5, 0.6) is 0 Å². The number of amides is 1. The number of anilines is 1. The van der Waals surface area contributed by atoms with Crippen molar-refractivity contribution in [1.29, 1.82) is 0 Å². The Morgan fingerprint density at radius 2 is 1.81 bits per heavy atom. The van der Waals surface area contributed by atoms with Crippen LogP contribution in [0.4, 0.5) is 5.69 Å². The molecule has 2 aromatic heterocycles. The molecule has 7 heteroatoms. The van der Waals surface area contributed by atoms with Gasteiger partial charge in [0.05, 0.1) is 4.88 Å². The van der Waals surface area contributed by atoms with Crippen LogP contribution >= 0.6 is 11.3 Å². The standard InChI is InChI=1S/C20H19N3O3S/c1-14(24)15-4-6-16(7-5-15)22-8-10-23(11-9-22)20(25)17-13-18(26-21-17)19-3-2-12-27-19/h2-7,12-13H,8-11H2,1H3. The lowest BCUT2D eigenvalue weighted by atomic mass is 10.1. The van der Waals surface area contributed by atoms with Crippen LogP contribution in [0.1, 0.15) is 27.8 Å². The molecule has 0 unspecified atom stereocenters. The Labute approximate surface area is 161 Å². The molecule has 1 saturated heterocycles. The van der Waals surface area contributed by atoms with Gasteiger partial charge in [-0.05, 0) is 42.6 Å². The molecule has 1 aromatic carbocycles. The number of rotatable bonds is 4. The molecule has 0 spiro atoms. The Balaban J connectivity index is 1.38. The van der Waals surface area contributed by atoms with Crippen molar-refractivity contribution in [2.45, 2.75) is 6.92 Å². The van der Waals surface area contributed by atoms with Crippen LogP contribution in [0.15, 0.2) is 52.4 Å². The number of carbonyl (C=O) groups excluding carboxylic acids is 2. The highest BCUT2D eigenvalue weighted by Crippen LogP contribution is 2.26. The molecular formula is C20H19N3O3S. The second kappa shape index (κ2) is 7.36. The van der Waals surface area contributed by atoms with Gasteiger partial charge in [0.15, 0.2) is 17.2 Å². The van der Waals surface area contributed by atoms with Crippen molar-refractivity contribution in [3.63, 3.8) is 0 Å². The summed E-state index contributed by atoms with van der Waals surface area (Å²) in [7, 11) is 0. The lowest BCUT2D eigenvalue weighted by Gasteiger charge is -2.35. The molecule has 3 heterocycles. The van der Waals surface area contributed by atoms with E-state index in [4.69, 9.17) is 4.52 Å². The summed E-state index contributed by atoms with van der Waals surface area (Å²) in [4.78, 5) is 29.1. The summed E-state index contributed by atoms with van der Waals surface area (Å²) < 4.78 is 5.32. The van der Waals surface area contributed by atoms with Crippen LogP contribution in [0.3, 0.4) is 0 Å². The lowest BCUT2D eigenvalue weighted by Crippen LogP contribution is -2.48. The minimum atomic E-state index is -0.104. The molecule has 0 aliphatic carbocycles. The smallest absolute Gasteiger partial charge is 0.276 e. The van der Waals surface area contributed by atoms with E-state index in [0.29, 0.717) is 30.1 Å². The lowest BCUT2D eigenvalue weighted by molar-refractivity contribution is 0.0736. The first-order chi connectivity index (χ1) is 13.1. The molecule has 0 N–H and O–H groups in total. The van der Waals surface area contributed by atoms with Crippen molar-refractivity contribution in [2.75, 3.05) is 31.1 Å². The van der Waals surface area contributed by atoms with Crippen molar-refractivity contribution >= 4 is 28.7 Å². The van der Waals surface area contributed by atoms with E-state index in [1.807, 2.05) is 41.8 Å². The van der Waals surface area contributed by atoms with Gasteiger partial charge in [0.1, 0.15) is 0 Å². The third-order valence-corrected chi connectivity index (χ3v) is 5.58. The number of carbonyl (C=O) groups is 2. The van der Waals surface area contributed by atoms with Gasteiger partial charge in [-0.2, -0.15) is 0 Å². The highest BCUT2D eigenvalue weighted by Gasteiger charge is 2.25. The molecule has 0 radical (unpaired) electrons. The Bertz CT molecular complexity index is 939. The number of thiophene rings is 1. The van der Waals surface area contributed by atoms with E-state index in [-0.39, 0.29) is 11.7 Å². The summed E-state index contributed by atoms with van der Waals surface area (Å²) in [5.41, 5.74) is 2.12. The maximum absolute atomic E-state index is 12.7. The highest BCUT2D eigenvalue weighted by molar-refractivity contribution is 7.13. The first-order valence-electron chi connectivity index (χ1n) is 8.77. The number of benzene rings is 1. The van der Waals surface area contributed by atoms with Gasteiger partial charge in [0.25, 0.3) is 5.91 Å². The zero-order valence-corrected chi connectivity index (χ0v) is 15.7. The van der Waals surface area contributed by atoms with E-state index in [1.165, 1.54) is 0 Å². The zero-order valence-electron chi connectivity index (χ0n) is 14.9. The fourth-order valence-corrected chi connectivity index (χ4v) is 3.82. The van der Waals surface area contributed by atoms with E-state index >= 15 is 0 Å². The first kappa shape index (κ1) is 17.5. The molecule has 0 bridgehead atoms. The van der Waals surface area contributed by atoms with Gasteiger partial charge >= 0.3 is 0 Å². The number of Topliss-reactive ketones (excluding diaryl/α,β-unsaturated/α-hetero) is 1. The molecule has 6 nitrogen and oxygen atoms in total. The van der Waals surface area contributed by atoms with E-state index in [1.54, 1.807) is 29.2 Å². The van der Waals surface area contributed by atoms with Crippen LogP contribution in [0, 0.1) is 0 Å². The molecule has 1 amide bonds. The first-order valence-corrected chi connectivity index (χ1v) is 9.65. The molecule has 0 atom stereocenters. The van der Waals surface area contributed by atoms with Crippen molar-refractivity contribution in [3.05, 3.63) is 59.1 Å². The fraction of sp³-hybridized carbons (Fsp3) is 0.250. The van der Waals surface area contributed by atoms with Gasteiger partial charge in [-0.3, -0.25) is 9.59 Å². The quantitative estimate of drug-likeness (QED) is 0.647. The summed E-state index contributed by atoms with van der Waals surface area (Å²) >= 11 is 1.55. The SMILES string of the molecule is CC(=O)c1ccc(N2CCN(C(=O)c3cc(-c4cccs4)on3)CC2)cc1. The number of hydrogen-bond donors (Lipinski definition) is 0. The Kier molecular flexibility index (Phi) is 4.77. The summed E-state index contributed by atoms with van der Waals surface area (Å²) in [6.45, 7) is 4.28. The molecular weight excluding hydrogens is 362 g/mol. The Morgan fingerprint density at radius 1 is 1.07 bits per heavy atom. The van der Waals surface area contributed by atoms with Crippen LogP contribution in [0.2, 0.25) is 0 Å². The predicted molar refractivity (Wildman–Crippen MR) is 104 cm³/mol. The molecule has 0 saturated carbocycles. The third-order valence-electron chi connectivity index (χ3n) is 4.70. The molecule has 1 aliphatic heterocycles. The minimum Gasteiger partial charge on any atom is -0.368 e. The number of hydrogen-bond acceptors (Lipinski definition) is 6. The van der Waals surface area contributed by atoms with Gasteiger partial charge in [-0.15, -0.1) is 11.3 Å². The Hall–Kier alpha value is -2.93. The second-order valence-corrected chi connectivity index (χ2v) is 7.38. The highest BCUT2D eigenvalue weighted by atomic mass is 32.1. The van der Waals surface area contributed by atoms with Crippen molar-refractivity contribution in [1.82, 2.24) is 10.1 Å². The maximum Gasteiger partial charge on any atom is 0.276 e. The van der Waals surface area contributed by atoms with Crippen LogP contribution in [0.25, 0.3) is 10.6 Å².